The monoisotopic (exact) mass is 280 g/mol. The molecule has 0 radical (unpaired) electrons. The number of hydrogen-bond donors (Lipinski definition) is 2. The molecule has 0 heterocycles. The smallest absolute Gasteiger partial charge is 0.203 e. The van der Waals surface area contributed by atoms with Crippen molar-refractivity contribution in [1.29, 1.82) is 5.26 Å². The fourth-order valence-electron chi connectivity index (χ4n) is 1.90. The van der Waals surface area contributed by atoms with Crippen LogP contribution >= 0.6 is 0 Å². The highest BCUT2D eigenvalue weighted by molar-refractivity contribution is 5.57. The molecule has 1 aromatic carbocycles. The van der Waals surface area contributed by atoms with Gasteiger partial charge in [-0.25, -0.2) is 0 Å². The van der Waals surface area contributed by atoms with Crippen LogP contribution in [0.3, 0.4) is 0 Å². The van der Waals surface area contributed by atoms with Gasteiger partial charge in [-0.05, 0) is 25.1 Å². The number of ether oxygens (including phenoxy) is 3. The summed E-state index contributed by atoms with van der Waals surface area (Å²) in [7, 11) is 4.58. The lowest BCUT2D eigenvalue weighted by Crippen LogP contribution is -2.22. The second kappa shape index (κ2) is 8.25. The second-order valence-corrected chi connectivity index (χ2v) is 4.02. The highest BCUT2D eigenvalue weighted by Crippen LogP contribution is 2.41. The zero-order valence-electron chi connectivity index (χ0n) is 12.0. The van der Waals surface area contributed by atoms with Crippen LogP contribution in [0.5, 0.6) is 17.2 Å². The number of nitrogens with one attached hydrogen (secondary N) is 1. The Hall–Kier alpha value is -1.97. The molecule has 6 heteroatoms. The molecule has 2 N–H and O–H groups in total. The van der Waals surface area contributed by atoms with E-state index in [0.29, 0.717) is 35.8 Å². The number of nitrogens with zero attached hydrogens (tertiary/aromatic N) is 1. The van der Waals surface area contributed by atoms with Gasteiger partial charge in [0, 0.05) is 12.2 Å². The summed E-state index contributed by atoms with van der Waals surface area (Å²) in [5.41, 5.74) is 0.672. The van der Waals surface area contributed by atoms with Crippen molar-refractivity contribution in [3.63, 3.8) is 0 Å². The van der Waals surface area contributed by atoms with Gasteiger partial charge in [-0.1, -0.05) is 0 Å². The second-order valence-electron chi connectivity index (χ2n) is 4.02. The van der Waals surface area contributed by atoms with E-state index in [2.05, 4.69) is 11.4 Å². The van der Waals surface area contributed by atoms with E-state index >= 15 is 0 Å². The van der Waals surface area contributed by atoms with Gasteiger partial charge in [0.1, 0.15) is 6.04 Å². The van der Waals surface area contributed by atoms with Crippen molar-refractivity contribution in [3.05, 3.63) is 17.7 Å². The first kappa shape index (κ1) is 16.1. The first-order chi connectivity index (χ1) is 9.73. The average Bonchev–Trinajstić information content (AvgIpc) is 2.50. The summed E-state index contributed by atoms with van der Waals surface area (Å²) in [5, 5.41) is 21.1. The summed E-state index contributed by atoms with van der Waals surface area (Å²) in [6.07, 6.45) is 0.577. The number of nitriles is 1. The van der Waals surface area contributed by atoms with Gasteiger partial charge in [-0.3, -0.25) is 5.32 Å². The van der Waals surface area contributed by atoms with Gasteiger partial charge in [0.05, 0.1) is 27.4 Å². The molecule has 0 aliphatic heterocycles. The molecule has 20 heavy (non-hydrogen) atoms. The highest BCUT2D eigenvalue weighted by atomic mass is 16.5. The molecule has 0 aliphatic carbocycles. The van der Waals surface area contributed by atoms with Crippen LogP contribution in [-0.2, 0) is 0 Å². The largest absolute Gasteiger partial charge is 0.493 e. The van der Waals surface area contributed by atoms with Gasteiger partial charge >= 0.3 is 0 Å². The zero-order valence-corrected chi connectivity index (χ0v) is 12.0. The molecule has 6 nitrogen and oxygen atoms in total. The SMILES string of the molecule is COc1ccc(C(C#N)NCCCO)c(OC)c1OC. The Morgan fingerprint density at radius 3 is 2.40 bits per heavy atom. The first-order valence-corrected chi connectivity index (χ1v) is 6.26. The Balaban J connectivity index is 3.12. The van der Waals surface area contributed by atoms with E-state index < -0.39 is 6.04 Å². The summed E-state index contributed by atoms with van der Waals surface area (Å²) in [5.74, 6) is 1.46. The molecule has 1 rings (SSSR count). The normalized spacial score (nSPS) is 11.6. The van der Waals surface area contributed by atoms with Crippen LogP contribution in [0, 0.1) is 11.3 Å². The topological polar surface area (TPSA) is 83.7 Å². The standard InChI is InChI=1S/C14H20N2O4/c1-18-12-6-5-10(13(19-2)14(12)20-3)11(9-15)16-7-4-8-17/h5-6,11,16-17H,4,7-8H2,1-3H3. The van der Waals surface area contributed by atoms with Crippen molar-refractivity contribution in [3.8, 4) is 23.3 Å². The maximum atomic E-state index is 9.29. The Bertz CT molecular complexity index is 471. The fourth-order valence-corrected chi connectivity index (χ4v) is 1.90. The summed E-state index contributed by atoms with van der Waals surface area (Å²) in [6, 6.07) is 5.12. The number of hydrogen-bond acceptors (Lipinski definition) is 6. The van der Waals surface area contributed by atoms with Crippen LogP contribution in [0.4, 0.5) is 0 Å². The van der Waals surface area contributed by atoms with Crippen LogP contribution in [0.2, 0.25) is 0 Å². The molecule has 1 atom stereocenters. The van der Waals surface area contributed by atoms with Gasteiger partial charge in [-0.2, -0.15) is 5.26 Å². The summed E-state index contributed by atoms with van der Waals surface area (Å²) in [6.45, 7) is 0.612. The number of aliphatic hydroxyl groups is 1. The minimum Gasteiger partial charge on any atom is -0.493 e. The highest BCUT2D eigenvalue weighted by Gasteiger charge is 2.21. The molecule has 1 unspecified atom stereocenters. The Labute approximate surface area is 118 Å². The van der Waals surface area contributed by atoms with Gasteiger partial charge < -0.3 is 19.3 Å². The minimum absolute atomic E-state index is 0.0776. The average molecular weight is 280 g/mol. The molecule has 0 aliphatic rings. The molecular formula is C14H20N2O4. The lowest BCUT2D eigenvalue weighted by molar-refractivity contribution is 0.284. The lowest BCUT2D eigenvalue weighted by Gasteiger charge is -2.19. The van der Waals surface area contributed by atoms with Gasteiger partial charge in [-0.15, -0.1) is 0 Å². The minimum atomic E-state index is -0.545. The number of aliphatic hydroxyl groups excluding tert-OH is 1. The summed E-state index contributed by atoms with van der Waals surface area (Å²) >= 11 is 0. The quantitative estimate of drug-likeness (QED) is 0.697. The molecular weight excluding hydrogens is 260 g/mol. The molecule has 110 valence electrons. The van der Waals surface area contributed by atoms with Crippen LogP contribution in [0.15, 0.2) is 12.1 Å². The molecule has 0 bridgehead atoms. The van der Waals surface area contributed by atoms with Crippen LogP contribution in [0.25, 0.3) is 0 Å². The summed E-state index contributed by atoms with van der Waals surface area (Å²) in [4.78, 5) is 0. The van der Waals surface area contributed by atoms with Crippen LogP contribution in [0.1, 0.15) is 18.0 Å². The van der Waals surface area contributed by atoms with Crippen LogP contribution in [-0.4, -0.2) is 39.6 Å². The Kier molecular flexibility index (Phi) is 6.64. The third kappa shape index (κ3) is 3.53. The number of benzene rings is 1. The predicted molar refractivity (Wildman–Crippen MR) is 74.2 cm³/mol. The Morgan fingerprint density at radius 2 is 1.90 bits per heavy atom. The maximum absolute atomic E-state index is 9.29. The molecule has 0 aromatic heterocycles. The maximum Gasteiger partial charge on any atom is 0.203 e. The van der Waals surface area contributed by atoms with Crippen molar-refractivity contribution in [2.75, 3.05) is 34.5 Å². The first-order valence-electron chi connectivity index (χ1n) is 6.26. The zero-order chi connectivity index (χ0) is 15.0. The predicted octanol–water partition coefficient (Wildman–Crippen LogP) is 1.25. The van der Waals surface area contributed by atoms with E-state index in [1.807, 2.05) is 0 Å². The Morgan fingerprint density at radius 1 is 1.20 bits per heavy atom. The van der Waals surface area contributed by atoms with E-state index in [9.17, 15) is 5.26 Å². The number of methoxy groups -OCH3 is 3. The molecule has 0 saturated carbocycles. The van der Waals surface area contributed by atoms with Crippen molar-refractivity contribution in [2.24, 2.45) is 0 Å². The van der Waals surface area contributed by atoms with E-state index in [4.69, 9.17) is 19.3 Å². The van der Waals surface area contributed by atoms with Gasteiger partial charge in [0.15, 0.2) is 11.5 Å². The molecule has 0 saturated heterocycles. The third-order valence-electron chi connectivity index (χ3n) is 2.86. The van der Waals surface area contributed by atoms with Crippen molar-refractivity contribution in [2.45, 2.75) is 12.5 Å². The lowest BCUT2D eigenvalue weighted by atomic mass is 10.1. The van der Waals surface area contributed by atoms with Crippen molar-refractivity contribution >= 4 is 0 Å². The number of rotatable bonds is 8. The molecule has 0 amide bonds. The van der Waals surface area contributed by atoms with E-state index in [1.54, 1.807) is 12.1 Å². The van der Waals surface area contributed by atoms with E-state index in [-0.39, 0.29) is 6.61 Å². The van der Waals surface area contributed by atoms with Gasteiger partial charge in [0.2, 0.25) is 5.75 Å². The molecule has 1 aromatic rings. The molecule has 0 fully saturated rings. The van der Waals surface area contributed by atoms with Gasteiger partial charge in [0.25, 0.3) is 0 Å². The van der Waals surface area contributed by atoms with Crippen molar-refractivity contribution in [1.82, 2.24) is 5.32 Å². The molecule has 0 spiro atoms. The van der Waals surface area contributed by atoms with E-state index in [0.717, 1.165) is 0 Å². The summed E-state index contributed by atoms with van der Waals surface area (Å²) < 4.78 is 15.8. The van der Waals surface area contributed by atoms with E-state index in [1.165, 1.54) is 21.3 Å². The fraction of sp³-hybridized carbons (Fsp3) is 0.500. The van der Waals surface area contributed by atoms with Crippen LogP contribution < -0.4 is 19.5 Å². The van der Waals surface area contributed by atoms with Crippen molar-refractivity contribution < 1.29 is 19.3 Å². The third-order valence-corrected chi connectivity index (χ3v) is 2.86.